The molecule has 0 fully saturated rings. The van der Waals surface area contributed by atoms with Gasteiger partial charge in [-0.1, -0.05) is 194 Å². The predicted octanol–water partition coefficient (Wildman–Crippen LogP) is 13.7. The number of rotatable bonds is 4. The summed E-state index contributed by atoms with van der Waals surface area (Å²) in [6.45, 7) is 0. The van der Waals surface area contributed by atoms with Crippen LogP contribution in [0.2, 0.25) is 0 Å². The second-order valence-corrected chi connectivity index (χ2v) is 16.2. The highest BCUT2D eigenvalue weighted by atomic mass is 32.2. The maximum Gasteiger partial charge on any atom is 0.164 e. The van der Waals surface area contributed by atoms with Crippen LogP contribution in [0.3, 0.4) is 0 Å². The molecule has 58 heavy (non-hydrogen) atoms. The monoisotopic (exact) mass is 755 g/mol. The molecule has 10 aromatic rings. The smallest absolute Gasteiger partial charge is 0.164 e. The van der Waals surface area contributed by atoms with Crippen molar-refractivity contribution in [3.05, 3.63) is 222 Å². The van der Waals surface area contributed by atoms with Gasteiger partial charge >= 0.3 is 0 Å². The average Bonchev–Trinajstić information content (AvgIpc) is 3.59. The van der Waals surface area contributed by atoms with Gasteiger partial charge in [-0.15, -0.1) is 0 Å². The van der Waals surface area contributed by atoms with E-state index in [0.717, 1.165) is 22.3 Å². The predicted molar refractivity (Wildman–Crippen MR) is 238 cm³/mol. The minimum atomic E-state index is -0.528. The Morgan fingerprint density at radius 3 is 1.60 bits per heavy atom. The fourth-order valence-corrected chi connectivity index (χ4v) is 10.6. The van der Waals surface area contributed by atoms with E-state index in [1.807, 2.05) is 30.0 Å². The summed E-state index contributed by atoms with van der Waals surface area (Å²) in [5.41, 5.74) is 12.4. The average molecular weight is 756 g/mol. The highest BCUT2D eigenvalue weighted by Crippen LogP contribution is 2.63. The molecule has 0 radical (unpaired) electrons. The topological polar surface area (TPSA) is 38.7 Å². The summed E-state index contributed by atoms with van der Waals surface area (Å²) < 4.78 is 0. The summed E-state index contributed by atoms with van der Waals surface area (Å²) in [7, 11) is 0. The molecule has 4 heteroatoms. The van der Waals surface area contributed by atoms with Crippen molar-refractivity contribution in [3.63, 3.8) is 0 Å². The molecule has 0 atom stereocenters. The van der Waals surface area contributed by atoms with Crippen LogP contribution in [0.15, 0.2) is 210 Å². The van der Waals surface area contributed by atoms with E-state index in [9.17, 15) is 0 Å². The summed E-state index contributed by atoms with van der Waals surface area (Å²) in [6.07, 6.45) is 0. The van der Waals surface area contributed by atoms with Crippen LogP contribution in [0.25, 0.3) is 78.0 Å². The van der Waals surface area contributed by atoms with Gasteiger partial charge in [0.2, 0.25) is 0 Å². The lowest BCUT2D eigenvalue weighted by Gasteiger charge is -2.40. The number of hydrogen-bond donors (Lipinski definition) is 0. The molecule has 1 aromatic heterocycles. The summed E-state index contributed by atoms with van der Waals surface area (Å²) in [6, 6.07) is 72.1. The number of aromatic nitrogens is 3. The van der Waals surface area contributed by atoms with Crippen molar-refractivity contribution < 1.29 is 0 Å². The van der Waals surface area contributed by atoms with E-state index in [1.165, 1.54) is 70.3 Å². The van der Waals surface area contributed by atoms with E-state index in [0.29, 0.717) is 17.5 Å². The zero-order chi connectivity index (χ0) is 38.2. The lowest BCUT2D eigenvalue weighted by molar-refractivity contribution is 0.726. The van der Waals surface area contributed by atoms with Crippen LogP contribution in [-0.2, 0) is 5.41 Å². The van der Waals surface area contributed by atoms with Gasteiger partial charge in [-0.3, -0.25) is 0 Å². The van der Waals surface area contributed by atoms with Crippen LogP contribution in [0.5, 0.6) is 0 Å². The Kier molecular flexibility index (Phi) is 7.38. The third-order valence-electron chi connectivity index (χ3n) is 12.0. The molecule has 270 valence electrons. The molecule has 1 spiro atoms. The van der Waals surface area contributed by atoms with Crippen LogP contribution < -0.4 is 0 Å². The Labute approximate surface area is 340 Å². The first-order valence-electron chi connectivity index (χ1n) is 19.7. The highest BCUT2D eigenvalue weighted by Gasteiger charge is 2.50. The van der Waals surface area contributed by atoms with Crippen molar-refractivity contribution in [1.29, 1.82) is 0 Å². The van der Waals surface area contributed by atoms with E-state index in [2.05, 4.69) is 182 Å². The molecule has 0 amide bonds. The molecule has 1 aliphatic carbocycles. The van der Waals surface area contributed by atoms with Crippen molar-refractivity contribution in [3.8, 4) is 56.4 Å². The Bertz CT molecular complexity index is 3220. The van der Waals surface area contributed by atoms with Gasteiger partial charge in [-0.2, -0.15) is 0 Å². The molecule has 1 aliphatic heterocycles. The van der Waals surface area contributed by atoms with Crippen molar-refractivity contribution in [2.24, 2.45) is 0 Å². The van der Waals surface area contributed by atoms with Crippen molar-refractivity contribution in [1.82, 2.24) is 15.0 Å². The van der Waals surface area contributed by atoms with Crippen LogP contribution in [0, 0.1) is 0 Å². The molecule has 0 saturated carbocycles. The standard InChI is InChI=1S/C54H33N3S/c1-2-14-37(15-3-1)51-55-52(38-25-22-35(23-26-38)40-27-24-34-12-4-5-16-39(34)32-40)57-53(56-51)41-29-31-49-48(33-41)54(47-30-28-36-13-6-7-17-42(36)50(47)58-49)45-20-10-8-18-43(45)44-19-9-11-21-46(44)54/h1-33H. The Balaban J connectivity index is 1.05. The third-order valence-corrected chi connectivity index (χ3v) is 13.2. The summed E-state index contributed by atoms with van der Waals surface area (Å²) in [5, 5.41) is 4.99. The molecule has 0 N–H and O–H groups in total. The highest BCUT2D eigenvalue weighted by molar-refractivity contribution is 7.99. The fraction of sp³-hybridized carbons (Fsp3) is 0.0185. The summed E-state index contributed by atoms with van der Waals surface area (Å²) in [4.78, 5) is 18.1. The minimum absolute atomic E-state index is 0.528. The first-order valence-corrected chi connectivity index (χ1v) is 20.5. The van der Waals surface area contributed by atoms with Gasteiger partial charge in [-0.05, 0) is 84.3 Å². The minimum Gasteiger partial charge on any atom is -0.208 e. The van der Waals surface area contributed by atoms with E-state index < -0.39 is 5.41 Å². The zero-order valence-electron chi connectivity index (χ0n) is 31.3. The maximum absolute atomic E-state index is 5.25. The zero-order valence-corrected chi connectivity index (χ0v) is 32.1. The molecular weight excluding hydrogens is 723 g/mol. The quantitative estimate of drug-likeness (QED) is 0.179. The molecule has 2 heterocycles. The van der Waals surface area contributed by atoms with Gasteiger partial charge in [0.1, 0.15) is 0 Å². The van der Waals surface area contributed by atoms with E-state index >= 15 is 0 Å². The molecule has 0 unspecified atom stereocenters. The van der Waals surface area contributed by atoms with Crippen molar-refractivity contribution in [2.45, 2.75) is 15.2 Å². The Hall–Kier alpha value is -7.14. The van der Waals surface area contributed by atoms with Crippen LogP contribution in [-0.4, -0.2) is 15.0 Å². The first-order chi connectivity index (χ1) is 28.7. The molecule has 0 bridgehead atoms. The normalized spacial score (nSPS) is 13.2. The van der Waals surface area contributed by atoms with E-state index in [4.69, 9.17) is 15.0 Å². The molecular formula is C54H33N3S. The van der Waals surface area contributed by atoms with Crippen molar-refractivity contribution >= 4 is 33.3 Å². The van der Waals surface area contributed by atoms with Crippen LogP contribution in [0.1, 0.15) is 22.3 Å². The number of benzene rings is 9. The van der Waals surface area contributed by atoms with Crippen LogP contribution in [0.4, 0.5) is 0 Å². The van der Waals surface area contributed by atoms with Gasteiger partial charge < -0.3 is 0 Å². The lowest BCUT2D eigenvalue weighted by Crippen LogP contribution is -2.32. The van der Waals surface area contributed by atoms with Gasteiger partial charge in [0, 0.05) is 26.5 Å². The second kappa shape index (κ2) is 13.0. The number of nitrogens with zero attached hydrogens (tertiary/aromatic N) is 3. The number of fused-ring (bicyclic) bond motifs is 12. The largest absolute Gasteiger partial charge is 0.208 e. The number of hydrogen-bond acceptors (Lipinski definition) is 4. The second-order valence-electron chi connectivity index (χ2n) is 15.1. The van der Waals surface area contributed by atoms with Gasteiger partial charge in [-0.25, -0.2) is 15.0 Å². The lowest BCUT2D eigenvalue weighted by atomic mass is 9.67. The Morgan fingerprint density at radius 2 is 0.862 bits per heavy atom. The Morgan fingerprint density at radius 1 is 0.328 bits per heavy atom. The van der Waals surface area contributed by atoms with Gasteiger partial charge in [0.05, 0.1) is 5.41 Å². The van der Waals surface area contributed by atoms with Crippen molar-refractivity contribution in [2.75, 3.05) is 0 Å². The SMILES string of the molecule is c1ccc(-c2nc(-c3ccc(-c4ccc5ccccc5c4)cc3)nc(-c3ccc4c(c3)C3(c5ccccc5-c5ccccc53)c3ccc5ccccc5c3S4)n2)cc1. The summed E-state index contributed by atoms with van der Waals surface area (Å²) >= 11 is 1.87. The third kappa shape index (κ3) is 4.98. The molecule has 0 saturated heterocycles. The van der Waals surface area contributed by atoms with Gasteiger partial charge in [0.25, 0.3) is 0 Å². The van der Waals surface area contributed by atoms with Gasteiger partial charge in [0.15, 0.2) is 17.5 Å². The van der Waals surface area contributed by atoms with E-state index in [1.54, 1.807) is 0 Å². The van der Waals surface area contributed by atoms with Crippen LogP contribution >= 0.6 is 11.8 Å². The molecule has 9 aromatic carbocycles. The molecule has 2 aliphatic rings. The summed E-state index contributed by atoms with van der Waals surface area (Å²) in [5.74, 6) is 1.94. The molecule has 12 rings (SSSR count). The first kappa shape index (κ1) is 33.0. The fourth-order valence-electron chi connectivity index (χ4n) is 9.30. The molecule has 3 nitrogen and oxygen atoms in total. The van der Waals surface area contributed by atoms with E-state index in [-0.39, 0.29) is 0 Å². The maximum atomic E-state index is 5.25.